The molecule has 1 rings (SSSR count). The van der Waals surface area contributed by atoms with Gasteiger partial charge in [0.1, 0.15) is 0 Å². The van der Waals surface area contributed by atoms with Crippen LogP contribution in [0, 0.1) is 6.92 Å². The molecule has 1 aromatic carbocycles. The molecule has 82 valence electrons. The predicted molar refractivity (Wildman–Crippen MR) is 51.7 cm³/mol. The van der Waals surface area contributed by atoms with E-state index in [0.29, 0.717) is 0 Å². The lowest BCUT2D eigenvalue weighted by atomic mass is 10.2. The first-order valence-corrected chi connectivity index (χ1v) is 4.12. The van der Waals surface area contributed by atoms with Crippen molar-refractivity contribution < 1.29 is 13.2 Å². The fourth-order valence-corrected chi connectivity index (χ4v) is 1.00. The number of aryl methyl sites for hydroxylation is 1. The van der Waals surface area contributed by atoms with Crippen LogP contribution in [-0.4, -0.2) is 12.0 Å². The number of halogens is 3. The summed E-state index contributed by atoms with van der Waals surface area (Å²) in [5, 5.41) is 0. The maximum atomic E-state index is 12.2. The van der Waals surface area contributed by atoms with Crippen LogP contribution in [0.1, 0.15) is 5.56 Å². The van der Waals surface area contributed by atoms with Crippen molar-refractivity contribution in [2.24, 2.45) is 10.8 Å². The van der Waals surface area contributed by atoms with Crippen molar-refractivity contribution in [2.45, 2.75) is 13.1 Å². The zero-order valence-electron chi connectivity index (χ0n) is 7.97. The predicted octanol–water partition coefficient (Wildman–Crippen LogP) is 2.05. The highest BCUT2D eigenvalue weighted by atomic mass is 19.4. The van der Waals surface area contributed by atoms with Crippen molar-refractivity contribution in [3.05, 3.63) is 29.8 Å². The molecule has 0 spiro atoms. The summed E-state index contributed by atoms with van der Waals surface area (Å²) in [6, 6.07) is 6.39. The van der Waals surface area contributed by atoms with E-state index < -0.39 is 12.0 Å². The van der Waals surface area contributed by atoms with E-state index in [1.54, 1.807) is 19.1 Å². The molecular weight excluding hydrogens is 207 g/mol. The summed E-state index contributed by atoms with van der Waals surface area (Å²) in [4.78, 5) is 3.36. The van der Waals surface area contributed by atoms with Gasteiger partial charge >= 0.3 is 6.18 Å². The highest BCUT2D eigenvalue weighted by Gasteiger charge is 2.35. The third kappa shape index (κ3) is 3.25. The number of hydrazine groups is 1. The molecule has 0 aliphatic heterocycles. The standard InChI is InChI=1S/C9H10F3N3/c1-6-3-2-4-7(5-6)14-8(15-13)9(10,11)12/h2-5H,13H2,1H3,(H,14,15). The number of hydrogen-bond donors (Lipinski definition) is 2. The Labute approximate surface area is 84.8 Å². The summed E-state index contributed by atoms with van der Waals surface area (Å²) in [5.74, 6) is 3.53. The van der Waals surface area contributed by atoms with Gasteiger partial charge in [-0.15, -0.1) is 0 Å². The summed E-state index contributed by atoms with van der Waals surface area (Å²) < 4.78 is 36.7. The molecule has 0 saturated carbocycles. The monoisotopic (exact) mass is 217 g/mol. The number of nitrogens with two attached hydrogens (primary N) is 1. The molecule has 0 radical (unpaired) electrons. The normalized spacial score (nSPS) is 12.7. The van der Waals surface area contributed by atoms with Crippen molar-refractivity contribution in [1.82, 2.24) is 5.43 Å². The van der Waals surface area contributed by atoms with Crippen LogP contribution in [0.3, 0.4) is 0 Å². The highest BCUT2D eigenvalue weighted by Crippen LogP contribution is 2.20. The number of nitrogens with zero attached hydrogens (tertiary/aromatic N) is 1. The Kier molecular flexibility index (Phi) is 3.31. The molecule has 0 aromatic heterocycles. The minimum Gasteiger partial charge on any atom is -0.304 e. The van der Waals surface area contributed by atoms with Crippen molar-refractivity contribution >= 4 is 11.5 Å². The van der Waals surface area contributed by atoms with Crippen molar-refractivity contribution in [3.63, 3.8) is 0 Å². The average Bonchev–Trinajstić information content (AvgIpc) is 2.12. The van der Waals surface area contributed by atoms with Gasteiger partial charge in [0.25, 0.3) is 0 Å². The third-order valence-corrected chi connectivity index (χ3v) is 1.65. The number of alkyl halides is 3. The summed E-state index contributed by atoms with van der Waals surface area (Å²) >= 11 is 0. The van der Waals surface area contributed by atoms with E-state index in [-0.39, 0.29) is 5.69 Å². The van der Waals surface area contributed by atoms with Gasteiger partial charge < -0.3 is 5.43 Å². The van der Waals surface area contributed by atoms with Crippen LogP contribution in [0.5, 0.6) is 0 Å². The third-order valence-electron chi connectivity index (χ3n) is 1.65. The molecule has 3 N–H and O–H groups in total. The van der Waals surface area contributed by atoms with E-state index in [1.807, 2.05) is 0 Å². The summed E-state index contributed by atoms with van der Waals surface area (Å²) in [7, 11) is 0. The van der Waals surface area contributed by atoms with Gasteiger partial charge in [-0.3, -0.25) is 0 Å². The van der Waals surface area contributed by atoms with E-state index in [2.05, 4.69) is 4.99 Å². The zero-order valence-corrected chi connectivity index (χ0v) is 7.97. The second kappa shape index (κ2) is 4.31. The quantitative estimate of drug-likeness (QED) is 0.327. The van der Waals surface area contributed by atoms with Crippen LogP contribution in [-0.2, 0) is 0 Å². The molecule has 15 heavy (non-hydrogen) atoms. The Morgan fingerprint density at radius 2 is 2.07 bits per heavy atom. The van der Waals surface area contributed by atoms with Gasteiger partial charge in [-0.2, -0.15) is 13.2 Å². The van der Waals surface area contributed by atoms with E-state index in [9.17, 15) is 13.2 Å². The molecule has 0 bridgehead atoms. The van der Waals surface area contributed by atoms with Gasteiger partial charge in [0.15, 0.2) is 0 Å². The zero-order chi connectivity index (χ0) is 11.5. The van der Waals surface area contributed by atoms with Gasteiger partial charge in [-0.05, 0) is 24.6 Å². The van der Waals surface area contributed by atoms with E-state index in [4.69, 9.17) is 5.84 Å². The van der Waals surface area contributed by atoms with Crippen molar-refractivity contribution in [2.75, 3.05) is 0 Å². The number of nitrogens with one attached hydrogen (secondary N) is 1. The fraction of sp³-hybridized carbons (Fsp3) is 0.222. The largest absolute Gasteiger partial charge is 0.450 e. The molecule has 0 heterocycles. The molecule has 0 atom stereocenters. The van der Waals surface area contributed by atoms with Crippen LogP contribution in [0.4, 0.5) is 18.9 Å². The molecule has 0 amide bonds. The minimum atomic E-state index is -4.57. The van der Waals surface area contributed by atoms with Crippen LogP contribution < -0.4 is 11.3 Å². The molecule has 0 fully saturated rings. The van der Waals surface area contributed by atoms with Gasteiger partial charge in [-0.25, -0.2) is 10.8 Å². The molecule has 1 aromatic rings. The fourth-order valence-electron chi connectivity index (χ4n) is 1.00. The SMILES string of the molecule is Cc1cccc(N=C(NN)C(F)(F)F)c1. The minimum absolute atomic E-state index is 0.209. The Bertz CT molecular complexity index is 371. The lowest BCUT2D eigenvalue weighted by molar-refractivity contribution is -0.0617. The number of rotatable bonds is 1. The Hall–Kier alpha value is -1.56. The average molecular weight is 217 g/mol. The first kappa shape index (κ1) is 11.5. The van der Waals surface area contributed by atoms with Gasteiger partial charge in [-0.1, -0.05) is 12.1 Å². The van der Waals surface area contributed by atoms with Crippen LogP contribution in [0.25, 0.3) is 0 Å². The van der Waals surface area contributed by atoms with Gasteiger partial charge in [0, 0.05) is 0 Å². The Balaban J connectivity index is 3.04. The highest BCUT2D eigenvalue weighted by molar-refractivity contribution is 5.89. The second-order valence-corrected chi connectivity index (χ2v) is 2.94. The summed E-state index contributed by atoms with van der Waals surface area (Å²) in [6.07, 6.45) is -4.57. The van der Waals surface area contributed by atoms with Crippen molar-refractivity contribution in [1.29, 1.82) is 0 Å². The van der Waals surface area contributed by atoms with Crippen LogP contribution in [0.2, 0.25) is 0 Å². The van der Waals surface area contributed by atoms with Gasteiger partial charge in [0.2, 0.25) is 5.84 Å². The number of amidine groups is 1. The van der Waals surface area contributed by atoms with Gasteiger partial charge in [0.05, 0.1) is 5.69 Å². The first-order valence-electron chi connectivity index (χ1n) is 4.12. The topological polar surface area (TPSA) is 50.4 Å². The number of hydrogen-bond acceptors (Lipinski definition) is 2. The van der Waals surface area contributed by atoms with Crippen LogP contribution in [0.15, 0.2) is 29.3 Å². The molecular formula is C9H10F3N3. The number of aliphatic imine (C=N–C) groups is 1. The first-order chi connectivity index (χ1) is 6.93. The molecule has 0 aliphatic carbocycles. The lowest BCUT2D eigenvalue weighted by Crippen LogP contribution is -2.41. The molecule has 3 nitrogen and oxygen atoms in total. The Morgan fingerprint density at radius 3 is 2.53 bits per heavy atom. The molecule has 0 aliphatic rings. The van der Waals surface area contributed by atoms with E-state index >= 15 is 0 Å². The summed E-state index contributed by atoms with van der Waals surface area (Å²) in [6.45, 7) is 1.77. The van der Waals surface area contributed by atoms with E-state index in [0.717, 1.165) is 5.56 Å². The maximum Gasteiger partial charge on any atom is 0.450 e. The number of benzene rings is 1. The Morgan fingerprint density at radius 1 is 1.40 bits per heavy atom. The molecule has 0 saturated heterocycles. The smallest absolute Gasteiger partial charge is 0.304 e. The van der Waals surface area contributed by atoms with Crippen molar-refractivity contribution in [3.8, 4) is 0 Å². The van der Waals surface area contributed by atoms with Crippen LogP contribution >= 0.6 is 0 Å². The summed E-state index contributed by atoms with van der Waals surface area (Å²) in [5.41, 5.74) is 2.57. The molecule has 0 unspecified atom stereocenters. The lowest BCUT2D eigenvalue weighted by Gasteiger charge is -2.09. The molecule has 6 heteroatoms. The second-order valence-electron chi connectivity index (χ2n) is 2.94. The maximum absolute atomic E-state index is 12.2. The van der Waals surface area contributed by atoms with E-state index in [1.165, 1.54) is 17.6 Å².